The van der Waals surface area contributed by atoms with Crippen molar-refractivity contribution in [2.24, 2.45) is 5.92 Å². The van der Waals surface area contributed by atoms with Crippen molar-refractivity contribution in [3.8, 4) is 0 Å². The Bertz CT molecular complexity index is 771. The van der Waals surface area contributed by atoms with Gasteiger partial charge in [-0.2, -0.15) is 0 Å². The summed E-state index contributed by atoms with van der Waals surface area (Å²) in [6, 6.07) is 0. The highest BCUT2D eigenvalue weighted by Gasteiger charge is 2.18. The third-order valence-electron chi connectivity index (χ3n) is 4.16. The van der Waals surface area contributed by atoms with Crippen LogP contribution in [0, 0.1) is 5.92 Å². The number of carbonyl (C=O) groups is 2. The van der Waals surface area contributed by atoms with E-state index in [1.807, 2.05) is 20.0 Å². The molecule has 0 spiro atoms. The summed E-state index contributed by atoms with van der Waals surface area (Å²) < 4.78 is 0. The fraction of sp³-hybridized carbons (Fsp3) is 0.529. The van der Waals surface area contributed by atoms with Crippen LogP contribution < -0.4 is 16.0 Å². The molecule has 0 unspecified atom stereocenters. The van der Waals surface area contributed by atoms with Crippen molar-refractivity contribution in [3.63, 3.8) is 0 Å². The van der Waals surface area contributed by atoms with Gasteiger partial charge < -0.3 is 16.0 Å². The maximum absolute atomic E-state index is 12.2. The summed E-state index contributed by atoms with van der Waals surface area (Å²) in [7, 11) is 0. The molecule has 148 valence electrons. The molecule has 0 saturated carbocycles. The molecule has 0 aliphatic carbocycles. The second-order valence-corrected chi connectivity index (χ2v) is 8.53. The van der Waals surface area contributed by atoms with Gasteiger partial charge >= 0.3 is 0 Å². The summed E-state index contributed by atoms with van der Waals surface area (Å²) in [5, 5.41) is 11.9. The Balaban J connectivity index is 0.00000261. The van der Waals surface area contributed by atoms with Gasteiger partial charge in [-0.05, 0) is 31.8 Å². The van der Waals surface area contributed by atoms with Gasteiger partial charge in [0.2, 0.25) is 11.8 Å². The highest BCUT2D eigenvalue weighted by atomic mass is 35.5. The first-order chi connectivity index (χ1) is 12.5. The highest BCUT2D eigenvalue weighted by Crippen LogP contribution is 2.31. The number of anilines is 2. The second-order valence-electron chi connectivity index (χ2n) is 6.60. The molecule has 0 aromatic carbocycles. The SMILES string of the molecule is CC(C)C(=O)Nc1nc(CC(=O)Nc2ncc(C3CCNCC3)s2)cs1.Cl. The Hall–Kier alpha value is -1.55. The predicted octanol–water partition coefficient (Wildman–Crippen LogP) is 3.26. The summed E-state index contributed by atoms with van der Waals surface area (Å²) in [6.07, 6.45) is 4.26. The maximum Gasteiger partial charge on any atom is 0.232 e. The van der Waals surface area contributed by atoms with E-state index in [1.54, 1.807) is 16.7 Å². The molecule has 0 atom stereocenters. The Morgan fingerprint density at radius 2 is 2.00 bits per heavy atom. The largest absolute Gasteiger partial charge is 0.317 e. The Morgan fingerprint density at radius 1 is 1.26 bits per heavy atom. The van der Waals surface area contributed by atoms with Gasteiger partial charge in [0.05, 0.1) is 12.1 Å². The summed E-state index contributed by atoms with van der Waals surface area (Å²) in [5.41, 5.74) is 0.640. The lowest BCUT2D eigenvalue weighted by molar-refractivity contribution is -0.119. The van der Waals surface area contributed by atoms with Crippen LogP contribution in [0.15, 0.2) is 11.6 Å². The summed E-state index contributed by atoms with van der Waals surface area (Å²) in [5.74, 6) is 0.196. The number of hydrogen-bond donors (Lipinski definition) is 3. The number of amides is 2. The van der Waals surface area contributed by atoms with Crippen molar-refractivity contribution in [2.45, 2.75) is 39.0 Å². The van der Waals surface area contributed by atoms with Crippen molar-refractivity contribution in [3.05, 3.63) is 22.1 Å². The van der Waals surface area contributed by atoms with Gasteiger partial charge in [0.1, 0.15) is 0 Å². The summed E-state index contributed by atoms with van der Waals surface area (Å²) in [4.78, 5) is 33.8. The van der Waals surface area contributed by atoms with E-state index >= 15 is 0 Å². The minimum Gasteiger partial charge on any atom is -0.317 e. The van der Waals surface area contributed by atoms with Crippen LogP contribution in [-0.2, 0) is 16.0 Å². The monoisotopic (exact) mass is 429 g/mol. The van der Waals surface area contributed by atoms with E-state index in [0.717, 1.165) is 25.9 Å². The van der Waals surface area contributed by atoms with Crippen molar-refractivity contribution in [1.82, 2.24) is 15.3 Å². The number of hydrogen-bond acceptors (Lipinski definition) is 7. The first-order valence-corrected chi connectivity index (χ1v) is 10.4. The lowest BCUT2D eigenvalue weighted by Gasteiger charge is -2.20. The first-order valence-electron chi connectivity index (χ1n) is 8.73. The summed E-state index contributed by atoms with van der Waals surface area (Å²) in [6.45, 7) is 5.71. The maximum atomic E-state index is 12.2. The van der Waals surface area contributed by atoms with Crippen LogP contribution in [0.3, 0.4) is 0 Å². The lowest BCUT2D eigenvalue weighted by Crippen LogP contribution is -2.26. The molecule has 27 heavy (non-hydrogen) atoms. The minimum absolute atomic E-state index is 0. The second kappa shape index (κ2) is 10.1. The standard InChI is InChI=1S/C17H23N5O2S2.ClH/c1-10(2)15(24)22-17-20-12(9-25-17)7-14(23)21-16-19-8-13(26-16)11-3-5-18-6-4-11;/h8-11,18H,3-7H2,1-2H3,(H,19,21,23)(H,20,22,24);1H. The van der Waals surface area contributed by atoms with E-state index in [4.69, 9.17) is 0 Å². The van der Waals surface area contributed by atoms with Crippen LogP contribution in [0.1, 0.15) is 43.2 Å². The van der Waals surface area contributed by atoms with E-state index in [-0.39, 0.29) is 36.6 Å². The number of piperidine rings is 1. The topological polar surface area (TPSA) is 96.0 Å². The zero-order valence-electron chi connectivity index (χ0n) is 15.3. The fourth-order valence-corrected chi connectivity index (χ4v) is 4.38. The molecule has 0 bridgehead atoms. The molecule has 1 fully saturated rings. The molecular weight excluding hydrogens is 406 g/mol. The van der Waals surface area contributed by atoms with Crippen LogP contribution >= 0.6 is 35.1 Å². The number of thiazole rings is 2. The molecule has 7 nitrogen and oxygen atoms in total. The molecule has 2 aromatic heterocycles. The fourth-order valence-electron chi connectivity index (χ4n) is 2.66. The molecular formula is C17H24ClN5O2S2. The molecule has 3 N–H and O–H groups in total. The van der Waals surface area contributed by atoms with Crippen LogP contribution in [-0.4, -0.2) is 34.9 Å². The van der Waals surface area contributed by atoms with Crippen molar-refractivity contribution in [1.29, 1.82) is 0 Å². The van der Waals surface area contributed by atoms with Gasteiger partial charge in [-0.3, -0.25) is 9.59 Å². The quantitative estimate of drug-likeness (QED) is 0.654. The van der Waals surface area contributed by atoms with Gasteiger partial charge in [-0.1, -0.05) is 13.8 Å². The molecule has 2 amide bonds. The van der Waals surface area contributed by atoms with Crippen molar-refractivity contribution >= 4 is 57.2 Å². The average Bonchev–Trinajstić information content (AvgIpc) is 3.25. The number of rotatable bonds is 6. The Kier molecular flexibility index (Phi) is 8.15. The summed E-state index contributed by atoms with van der Waals surface area (Å²) >= 11 is 2.87. The third-order valence-corrected chi connectivity index (χ3v) is 6.04. The smallest absolute Gasteiger partial charge is 0.232 e. The van der Waals surface area contributed by atoms with E-state index < -0.39 is 0 Å². The highest BCUT2D eigenvalue weighted by molar-refractivity contribution is 7.15. The molecule has 3 rings (SSSR count). The van der Waals surface area contributed by atoms with Crippen LogP contribution in [0.4, 0.5) is 10.3 Å². The Morgan fingerprint density at radius 3 is 2.70 bits per heavy atom. The average molecular weight is 430 g/mol. The molecule has 1 aliphatic rings. The Labute approximate surface area is 172 Å². The molecule has 1 saturated heterocycles. The zero-order chi connectivity index (χ0) is 18.5. The molecule has 2 aromatic rings. The van der Waals surface area contributed by atoms with Gasteiger partial charge in [0.15, 0.2) is 10.3 Å². The van der Waals surface area contributed by atoms with Gasteiger partial charge in [-0.15, -0.1) is 35.1 Å². The number of aromatic nitrogens is 2. The minimum atomic E-state index is -0.150. The number of nitrogens with one attached hydrogen (secondary N) is 3. The first kappa shape index (κ1) is 21.7. The number of carbonyl (C=O) groups excluding carboxylic acids is 2. The van der Waals surface area contributed by atoms with Gasteiger partial charge in [0, 0.05) is 22.4 Å². The van der Waals surface area contributed by atoms with Gasteiger partial charge in [0.25, 0.3) is 0 Å². The van der Waals surface area contributed by atoms with Crippen molar-refractivity contribution < 1.29 is 9.59 Å². The van der Waals surface area contributed by atoms with Crippen LogP contribution in [0.2, 0.25) is 0 Å². The normalized spacial score (nSPS) is 14.6. The van der Waals surface area contributed by atoms with E-state index in [1.165, 1.54) is 16.2 Å². The molecule has 3 heterocycles. The lowest BCUT2D eigenvalue weighted by atomic mass is 9.97. The van der Waals surface area contributed by atoms with E-state index in [2.05, 4.69) is 25.9 Å². The number of nitrogens with zero attached hydrogens (tertiary/aromatic N) is 2. The predicted molar refractivity (Wildman–Crippen MR) is 112 cm³/mol. The molecule has 10 heteroatoms. The van der Waals surface area contributed by atoms with E-state index in [9.17, 15) is 9.59 Å². The van der Waals surface area contributed by atoms with E-state index in [0.29, 0.717) is 21.9 Å². The molecule has 1 aliphatic heterocycles. The number of halogens is 1. The van der Waals surface area contributed by atoms with Crippen LogP contribution in [0.5, 0.6) is 0 Å². The molecule has 0 radical (unpaired) electrons. The van der Waals surface area contributed by atoms with Gasteiger partial charge in [-0.25, -0.2) is 9.97 Å². The third kappa shape index (κ3) is 6.24. The van der Waals surface area contributed by atoms with Crippen LogP contribution in [0.25, 0.3) is 0 Å². The van der Waals surface area contributed by atoms with Crippen molar-refractivity contribution in [2.75, 3.05) is 23.7 Å². The zero-order valence-corrected chi connectivity index (χ0v) is 17.7.